The van der Waals surface area contributed by atoms with Crippen LogP contribution in [0.3, 0.4) is 0 Å². The molecule has 3 aromatic carbocycles. The minimum atomic E-state index is -0.447. The summed E-state index contributed by atoms with van der Waals surface area (Å²) >= 11 is 6.56. The molecule has 5 rings (SSSR count). The van der Waals surface area contributed by atoms with Crippen molar-refractivity contribution in [3.05, 3.63) is 101 Å². The van der Waals surface area contributed by atoms with Crippen molar-refractivity contribution in [2.75, 3.05) is 16.8 Å². The summed E-state index contributed by atoms with van der Waals surface area (Å²) in [7, 11) is 0. The molecule has 0 spiro atoms. The highest BCUT2D eigenvalue weighted by atomic mass is 32.2. The molecule has 0 aromatic heterocycles. The molecule has 0 saturated carbocycles. The van der Waals surface area contributed by atoms with Crippen LogP contribution in [0.2, 0.25) is 0 Å². The largest absolute Gasteiger partial charge is 0.325 e. The number of nitrogens with zero attached hydrogens (tertiary/aromatic N) is 2. The number of amides is 3. The highest BCUT2D eigenvalue weighted by molar-refractivity contribution is 8.26. The number of benzene rings is 3. The lowest BCUT2D eigenvalue weighted by Gasteiger charge is -2.17. The van der Waals surface area contributed by atoms with Crippen molar-refractivity contribution in [3.8, 4) is 0 Å². The second-order valence-corrected chi connectivity index (χ2v) is 9.56. The number of thioether (sulfide) groups is 1. The van der Waals surface area contributed by atoms with Crippen LogP contribution in [0.4, 0.5) is 15.8 Å². The molecule has 0 radical (unpaired) electrons. The Hall–Kier alpha value is -3.82. The van der Waals surface area contributed by atoms with Crippen LogP contribution >= 0.6 is 24.0 Å². The maximum Gasteiger partial charge on any atom is 0.267 e. The number of rotatable bonds is 5. The number of carbonyl (C=O) groups excluding carboxylic acids is 3. The molecule has 2 aliphatic heterocycles. The van der Waals surface area contributed by atoms with E-state index >= 15 is 0 Å². The van der Waals surface area contributed by atoms with Crippen molar-refractivity contribution in [1.29, 1.82) is 0 Å². The Bertz CT molecular complexity index is 1390. The van der Waals surface area contributed by atoms with Gasteiger partial charge in [-0.2, -0.15) is 0 Å². The van der Waals surface area contributed by atoms with Gasteiger partial charge in [-0.1, -0.05) is 72.5 Å². The van der Waals surface area contributed by atoms with Crippen LogP contribution in [0.15, 0.2) is 83.8 Å². The molecule has 3 amide bonds. The molecule has 0 unspecified atom stereocenters. The summed E-state index contributed by atoms with van der Waals surface area (Å²) in [5.74, 6) is -1.64. The fourth-order valence-electron chi connectivity index (χ4n) is 3.99. The zero-order valence-corrected chi connectivity index (χ0v) is 19.9. The molecule has 1 N–H and O–H groups in total. The van der Waals surface area contributed by atoms with E-state index in [4.69, 9.17) is 12.2 Å². The molecule has 35 heavy (non-hydrogen) atoms. The maximum atomic E-state index is 13.5. The molecular weight excluding hydrogens is 485 g/mol. The predicted octanol–water partition coefficient (Wildman–Crippen LogP) is 4.58. The number of nitrogens with one attached hydrogen (secondary N) is 1. The van der Waals surface area contributed by atoms with Crippen molar-refractivity contribution in [3.63, 3.8) is 0 Å². The zero-order chi connectivity index (χ0) is 24.5. The van der Waals surface area contributed by atoms with Gasteiger partial charge in [0.2, 0.25) is 5.91 Å². The molecule has 1 fully saturated rings. The van der Waals surface area contributed by atoms with Crippen LogP contribution in [-0.4, -0.2) is 33.5 Å². The Morgan fingerprint density at radius 1 is 0.886 bits per heavy atom. The molecule has 0 bridgehead atoms. The van der Waals surface area contributed by atoms with Gasteiger partial charge in [-0.05, 0) is 35.9 Å². The molecule has 6 nitrogen and oxygen atoms in total. The summed E-state index contributed by atoms with van der Waals surface area (Å²) in [6.45, 7) is 0.0446. The average Bonchev–Trinajstić information content (AvgIpc) is 3.28. The average molecular weight is 504 g/mol. The van der Waals surface area contributed by atoms with Gasteiger partial charge in [-0.25, -0.2) is 4.39 Å². The van der Waals surface area contributed by atoms with E-state index in [1.807, 2.05) is 30.3 Å². The Morgan fingerprint density at radius 2 is 1.57 bits per heavy atom. The third-order valence-corrected chi connectivity index (χ3v) is 7.06. The fraction of sp³-hybridized carbons (Fsp3) is 0.0769. The smallest absolute Gasteiger partial charge is 0.267 e. The number of anilines is 2. The molecule has 0 aliphatic carbocycles. The molecule has 0 atom stereocenters. The summed E-state index contributed by atoms with van der Waals surface area (Å²) in [5, 5.41) is 2.67. The Morgan fingerprint density at radius 3 is 2.31 bits per heavy atom. The van der Waals surface area contributed by atoms with Gasteiger partial charge in [0.15, 0.2) is 0 Å². The highest BCUT2D eigenvalue weighted by Gasteiger charge is 2.42. The Kier molecular flexibility index (Phi) is 6.19. The van der Waals surface area contributed by atoms with E-state index in [2.05, 4.69) is 5.32 Å². The monoisotopic (exact) mass is 503 g/mol. The van der Waals surface area contributed by atoms with Crippen LogP contribution in [0.1, 0.15) is 11.1 Å². The first-order chi connectivity index (χ1) is 16.9. The van der Waals surface area contributed by atoms with E-state index in [0.29, 0.717) is 27.8 Å². The zero-order valence-electron chi connectivity index (χ0n) is 18.2. The summed E-state index contributed by atoms with van der Waals surface area (Å²) in [4.78, 5) is 42.6. The van der Waals surface area contributed by atoms with Crippen molar-refractivity contribution < 1.29 is 18.8 Å². The van der Waals surface area contributed by atoms with E-state index < -0.39 is 17.6 Å². The molecule has 174 valence electrons. The van der Waals surface area contributed by atoms with Crippen LogP contribution in [0.25, 0.3) is 5.57 Å². The van der Waals surface area contributed by atoms with E-state index in [0.717, 1.165) is 17.3 Å². The highest BCUT2D eigenvalue weighted by Crippen LogP contribution is 2.44. The number of hydrogen-bond donors (Lipinski definition) is 1. The number of halogens is 1. The van der Waals surface area contributed by atoms with Crippen molar-refractivity contribution in [2.24, 2.45) is 0 Å². The van der Waals surface area contributed by atoms with Crippen molar-refractivity contribution in [1.82, 2.24) is 4.90 Å². The number of fused-ring (bicyclic) bond motifs is 1. The van der Waals surface area contributed by atoms with Gasteiger partial charge >= 0.3 is 0 Å². The lowest BCUT2D eigenvalue weighted by atomic mass is 10.1. The molecule has 9 heteroatoms. The SMILES string of the molecule is O=C(CN1C(=O)/C(=C2/SC(=S)N(Cc3ccccc3)C2=O)c2ccccc21)Nc1ccc(F)cc1. The van der Waals surface area contributed by atoms with E-state index in [9.17, 15) is 18.8 Å². The number of hydrogen-bond acceptors (Lipinski definition) is 5. The summed E-state index contributed by atoms with van der Waals surface area (Å²) in [6, 6.07) is 21.9. The topological polar surface area (TPSA) is 69.7 Å². The summed E-state index contributed by atoms with van der Waals surface area (Å²) < 4.78 is 13.5. The van der Waals surface area contributed by atoms with Crippen LogP contribution in [0, 0.1) is 5.82 Å². The first-order valence-electron chi connectivity index (χ1n) is 10.7. The number of thiocarbonyl (C=S) groups is 1. The van der Waals surface area contributed by atoms with Gasteiger partial charge < -0.3 is 5.32 Å². The lowest BCUT2D eigenvalue weighted by Crippen LogP contribution is -2.35. The van der Waals surface area contributed by atoms with E-state index in [-0.39, 0.29) is 22.9 Å². The maximum absolute atomic E-state index is 13.5. The van der Waals surface area contributed by atoms with Gasteiger partial charge in [-0.3, -0.25) is 24.2 Å². The lowest BCUT2D eigenvalue weighted by molar-refractivity contribution is -0.122. The molecular formula is C26H18FN3O3S2. The van der Waals surface area contributed by atoms with Gasteiger partial charge in [0.1, 0.15) is 16.7 Å². The van der Waals surface area contributed by atoms with Crippen LogP contribution in [-0.2, 0) is 20.9 Å². The normalized spacial score (nSPS) is 17.2. The Labute approximate surface area is 210 Å². The van der Waals surface area contributed by atoms with Gasteiger partial charge in [0.05, 0.1) is 22.7 Å². The third kappa shape index (κ3) is 4.48. The van der Waals surface area contributed by atoms with E-state index in [1.54, 1.807) is 24.3 Å². The first kappa shape index (κ1) is 22.9. The van der Waals surface area contributed by atoms with Gasteiger partial charge in [-0.15, -0.1) is 0 Å². The molecule has 3 aromatic rings. The van der Waals surface area contributed by atoms with E-state index in [1.165, 1.54) is 34.1 Å². The summed E-state index contributed by atoms with van der Waals surface area (Å²) in [6.07, 6.45) is 0. The third-order valence-electron chi connectivity index (χ3n) is 5.61. The minimum absolute atomic E-state index is 0.239. The minimum Gasteiger partial charge on any atom is -0.325 e. The second-order valence-electron chi connectivity index (χ2n) is 7.91. The second kappa shape index (κ2) is 9.44. The number of carbonyl (C=O) groups is 3. The molecule has 1 saturated heterocycles. The quantitative estimate of drug-likeness (QED) is 0.408. The van der Waals surface area contributed by atoms with Crippen LogP contribution in [0.5, 0.6) is 0 Å². The number of para-hydroxylation sites is 1. The van der Waals surface area contributed by atoms with Crippen LogP contribution < -0.4 is 10.2 Å². The standard InChI is InChI=1S/C26H18FN3O3S2/c27-17-10-12-18(13-11-17)28-21(31)15-29-20-9-5-4-8-19(20)22(24(29)32)23-25(33)30(26(34)35-23)14-16-6-2-1-3-7-16/h1-13H,14-15H2,(H,28,31)/b23-22+. The van der Waals surface area contributed by atoms with Crippen molar-refractivity contribution in [2.45, 2.75) is 6.54 Å². The fourth-order valence-corrected chi connectivity index (χ4v) is 5.31. The van der Waals surface area contributed by atoms with Gasteiger partial charge in [0, 0.05) is 11.3 Å². The Balaban J connectivity index is 1.43. The predicted molar refractivity (Wildman–Crippen MR) is 138 cm³/mol. The summed E-state index contributed by atoms with van der Waals surface area (Å²) in [5.41, 5.74) is 2.69. The molecule has 2 heterocycles. The van der Waals surface area contributed by atoms with Gasteiger partial charge in [0.25, 0.3) is 11.8 Å². The molecule has 2 aliphatic rings. The van der Waals surface area contributed by atoms with Crippen molar-refractivity contribution >= 4 is 63.0 Å². The first-order valence-corrected chi connectivity index (χ1v) is 11.9.